The fourth-order valence-corrected chi connectivity index (χ4v) is 4.59. The fourth-order valence-electron chi connectivity index (χ4n) is 4.59. The quantitative estimate of drug-likeness (QED) is 0.0891. The molecule has 0 heterocycles. The number of aliphatic imine (C=N–C) groups is 1. The Kier molecular flexibility index (Phi) is 10.7. The molecule has 0 aliphatic heterocycles. The number of rotatable bonds is 15. The molecule has 0 spiro atoms. The van der Waals surface area contributed by atoms with Crippen LogP contribution in [0.5, 0.6) is 11.5 Å². The van der Waals surface area contributed by atoms with Crippen LogP contribution in [0.15, 0.2) is 89.9 Å². The zero-order valence-electron chi connectivity index (χ0n) is 23.2. The minimum atomic E-state index is -0.0145. The van der Waals surface area contributed by atoms with Crippen molar-refractivity contribution in [1.29, 1.82) is 0 Å². The molecule has 0 saturated heterocycles. The van der Waals surface area contributed by atoms with Gasteiger partial charge < -0.3 is 9.47 Å². The van der Waals surface area contributed by atoms with Crippen molar-refractivity contribution in [1.82, 2.24) is 0 Å². The Bertz CT molecular complexity index is 1360. The van der Waals surface area contributed by atoms with Crippen molar-refractivity contribution in [3.8, 4) is 22.6 Å². The highest BCUT2D eigenvalue weighted by Gasteiger charge is 2.19. The Morgan fingerprint density at radius 3 is 2.31 bits per heavy atom. The number of unbranched alkanes of at least 4 members (excludes halogenated alkanes) is 4. The molecule has 0 unspecified atom stereocenters. The molecule has 4 aromatic carbocycles. The monoisotopic (exact) mass is 521 g/mol. The molecule has 0 amide bonds. The van der Waals surface area contributed by atoms with Crippen LogP contribution in [0.25, 0.3) is 21.9 Å². The molecule has 0 aliphatic carbocycles. The topological polar surface area (TPSA) is 47.9 Å². The van der Waals surface area contributed by atoms with Gasteiger partial charge in [-0.1, -0.05) is 82.0 Å². The molecule has 0 fully saturated rings. The van der Waals surface area contributed by atoms with Crippen molar-refractivity contribution in [3.63, 3.8) is 0 Å². The Labute approximate surface area is 232 Å². The van der Waals surface area contributed by atoms with Gasteiger partial charge in [-0.2, -0.15) is 0 Å². The largest absolute Gasteiger partial charge is 0.494 e. The number of benzene rings is 4. The van der Waals surface area contributed by atoms with Crippen molar-refractivity contribution in [2.45, 2.75) is 52.4 Å². The van der Waals surface area contributed by atoms with Crippen LogP contribution in [-0.2, 0) is 0 Å². The van der Waals surface area contributed by atoms with Crippen LogP contribution < -0.4 is 9.47 Å². The predicted octanol–water partition coefficient (Wildman–Crippen LogP) is 8.95. The van der Waals surface area contributed by atoms with Crippen molar-refractivity contribution in [2.24, 2.45) is 4.99 Å². The Morgan fingerprint density at radius 1 is 0.769 bits per heavy atom. The minimum absolute atomic E-state index is 0.0145. The van der Waals surface area contributed by atoms with Crippen LogP contribution in [0.2, 0.25) is 0 Å². The maximum absolute atomic E-state index is 14.0. The predicted molar refractivity (Wildman–Crippen MR) is 163 cm³/mol. The number of hydrogen-bond donors (Lipinski definition) is 0. The third-order valence-electron chi connectivity index (χ3n) is 6.78. The number of hydrogen-bond acceptors (Lipinski definition) is 4. The van der Waals surface area contributed by atoms with E-state index in [9.17, 15) is 4.79 Å². The Morgan fingerprint density at radius 2 is 1.54 bits per heavy atom. The second-order valence-corrected chi connectivity index (χ2v) is 9.75. The second-order valence-electron chi connectivity index (χ2n) is 9.75. The Hall–Kier alpha value is -3.92. The van der Waals surface area contributed by atoms with Gasteiger partial charge in [-0.3, -0.25) is 9.79 Å². The van der Waals surface area contributed by atoms with Gasteiger partial charge in [0.05, 0.1) is 6.61 Å². The summed E-state index contributed by atoms with van der Waals surface area (Å²) in [6, 6.07) is 27.6. The van der Waals surface area contributed by atoms with Crippen molar-refractivity contribution in [2.75, 3.05) is 19.8 Å². The van der Waals surface area contributed by atoms with Gasteiger partial charge in [0.25, 0.3) is 0 Å². The van der Waals surface area contributed by atoms with Gasteiger partial charge in [0, 0.05) is 23.9 Å². The first-order chi connectivity index (χ1) is 19.2. The van der Waals surface area contributed by atoms with Crippen LogP contribution in [0.3, 0.4) is 0 Å². The molecule has 0 atom stereocenters. The average Bonchev–Trinajstić information content (AvgIpc) is 2.98. The van der Waals surface area contributed by atoms with Crippen LogP contribution in [-0.4, -0.2) is 31.8 Å². The van der Waals surface area contributed by atoms with Crippen molar-refractivity contribution >= 4 is 22.8 Å². The zero-order valence-corrected chi connectivity index (χ0v) is 23.2. The molecular formula is C35H39NO3. The average molecular weight is 522 g/mol. The highest BCUT2D eigenvalue weighted by Crippen LogP contribution is 2.34. The molecule has 0 N–H and O–H groups in total. The third kappa shape index (κ3) is 7.79. The van der Waals surface area contributed by atoms with Gasteiger partial charge in [-0.05, 0) is 77.2 Å². The van der Waals surface area contributed by atoms with Gasteiger partial charge in [-0.15, -0.1) is 0 Å². The smallest absolute Gasteiger partial charge is 0.194 e. The lowest BCUT2D eigenvalue weighted by molar-refractivity contribution is 0.104. The highest BCUT2D eigenvalue weighted by molar-refractivity contribution is 6.20. The van der Waals surface area contributed by atoms with E-state index in [1.807, 2.05) is 85.1 Å². The molecule has 0 radical (unpaired) electrons. The SMILES string of the molecule is CCCCCCN=CCOc1ccc(C(=O)c2c(-c3ccccc3)ccc3cc(OCCCC)ccc23)cc1. The van der Waals surface area contributed by atoms with Gasteiger partial charge in [0.15, 0.2) is 5.78 Å². The normalized spacial score (nSPS) is 11.2. The van der Waals surface area contributed by atoms with E-state index in [1.54, 1.807) is 0 Å². The number of nitrogens with zero attached hydrogens (tertiary/aromatic N) is 1. The van der Waals surface area contributed by atoms with E-state index >= 15 is 0 Å². The molecular weight excluding hydrogens is 482 g/mol. The lowest BCUT2D eigenvalue weighted by atomic mass is 9.89. The van der Waals surface area contributed by atoms with E-state index < -0.39 is 0 Å². The van der Waals surface area contributed by atoms with Crippen LogP contribution >= 0.6 is 0 Å². The summed E-state index contributed by atoms with van der Waals surface area (Å²) < 4.78 is 11.7. The van der Waals surface area contributed by atoms with E-state index in [-0.39, 0.29) is 5.78 Å². The van der Waals surface area contributed by atoms with Gasteiger partial charge in [-0.25, -0.2) is 0 Å². The van der Waals surface area contributed by atoms with E-state index in [1.165, 1.54) is 19.3 Å². The molecule has 4 nitrogen and oxygen atoms in total. The summed E-state index contributed by atoms with van der Waals surface area (Å²) in [5.41, 5.74) is 3.26. The molecule has 4 heteroatoms. The minimum Gasteiger partial charge on any atom is -0.494 e. The molecule has 39 heavy (non-hydrogen) atoms. The highest BCUT2D eigenvalue weighted by atomic mass is 16.5. The molecule has 0 aliphatic rings. The summed E-state index contributed by atoms with van der Waals surface area (Å²) in [4.78, 5) is 18.4. The fraction of sp³-hybridized carbons (Fsp3) is 0.314. The summed E-state index contributed by atoms with van der Waals surface area (Å²) in [5.74, 6) is 1.53. The lowest BCUT2D eigenvalue weighted by Crippen LogP contribution is -2.06. The number of ether oxygens (including phenoxy) is 2. The number of ketones is 1. The van der Waals surface area contributed by atoms with Crippen LogP contribution in [0, 0.1) is 0 Å². The molecule has 0 aromatic heterocycles. The van der Waals surface area contributed by atoms with E-state index in [0.29, 0.717) is 24.3 Å². The lowest BCUT2D eigenvalue weighted by Gasteiger charge is -2.15. The van der Waals surface area contributed by atoms with Crippen LogP contribution in [0.1, 0.15) is 68.3 Å². The number of carbonyl (C=O) groups excluding carboxylic acids is 1. The molecule has 4 aromatic rings. The third-order valence-corrected chi connectivity index (χ3v) is 6.78. The summed E-state index contributed by atoms with van der Waals surface area (Å²) in [6.45, 7) is 6.31. The van der Waals surface area contributed by atoms with Crippen molar-refractivity contribution in [3.05, 3.63) is 96.1 Å². The first-order valence-corrected chi connectivity index (χ1v) is 14.2. The second kappa shape index (κ2) is 14.9. The van der Waals surface area contributed by atoms with E-state index in [2.05, 4.69) is 24.9 Å². The van der Waals surface area contributed by atoms with Crippen molar-refractivity contribution < 1.29 is 14.3 Å². The Balaban J connectivity index is 1.55. The first kappa shape index (κ1) is 28.1. The van der Waals surface area contributed by atoms with Gasteiger partial charge in [0.2, 0.25) is 0 Å². The first-order valence-electron chi connectivity index (χ1n) is 14.2. The van der Waals surface area contributed by atoms with E-state index in [4.69, 9.17) is 9.47 Å². The maximum atomic E-state index is 14.0. The number of carbonyl (C=O) groups is 1. The molecule has 202 valence electrons. The molecule has 0 bridgehead atoms. The van der Waals surface area contributed by atoms with Gasteiger partial charge >= 0.3 is 0 Å². The summed E-state index contributed by atoms with van der Waals surface area (Å²) in [5, 5.41) is 1.90. The van der Waals surface area contributed by atoms with E-state index in [0.717, 1.165) is 59.2 Å². The van der Waals surface area contributed by atoms with Crippen LogP contribution in [0.4, 0.5) is 0 Å². The van der Waals surface area contributed by atoms with Gasteiger partial charge in [0.1, 0.15) is 18.1 Å². The molecule has 4 rings (SSSR count). The summed E-state index contributed by atoms with van der Waals surface area (Å²) in [7, 11) is 0. The standard InChI is InChI=1S/C35H39NO3/c1-3-5-7-11-22-36-23-25-39-30-17-14-28(15-18-30)35(37)34-32(27-12-9-8-10-13-27)20-16-29-26-31(19-21-33(29)34)38-24-6-4-2/h8-10,12-21,23,26H,3-7,11,22,24-25H2,1-2H3. The number of fused-ring (bicyclic) bond motifs is 1. The summed E-state index contributed by atoms with van der Waals surface area (Å²) in [6.07, 6.45) is 8.76. The zero-order chi connectivity index (χ0) is 27.3. The summed E-state index contributed by atoms with van der Waals surface area (Å²) >= 11 is 0. The maximum Gasteiger partial charge on any atom is 0.194 e. The molecule has 0 saturated carbocycles.